The summed E-state index contributed by atoms with van der Waals surface area (Å²) in [5.74, 6) is 1.83. The minimum atomic E-state index is 0.589. The Hall–Kier alpha value is -6.46. The predicted molar refractivity (Wildman–Crippen MR) is 190 cm³/mol. The molecular weight excluding hydrogens is 576 g/mol. The molecule has 3 heterocycles. The van der Waals surface area contributed by atoms with Crippen LogP contribution in [0.4, 0.5) is 0 Å². The lowest BCUT2D eigenvalue weighted by molar-refractivity contribution is 0.670. The Morgan fingerprint density at radius 3 is 1.64 bits per heavy atom. The maximum atomic E-state index is 6.68. The van der Waals surface area contributed by atoms with Crippen LogP contribution in [0.2, 0.25) is 0 Å². The summed E-state index contributed by atoms with van der Waals surface area (Å²) in [4.78, 5) is 20.1. The van der Waals surface area contributed by atoms with Crippen molar-refractivity contribution in [2.45, 2.75) is 0 Å². The van der Waals surface area contributed by atoms with Crippen molar-refractivity contribution >= 4 is 32.8 Å². The number of rotatable bonds is 5. The third kappa shape index (κ3) is 4.73. The molecule has 0 saturated heterocycles. The van der Waals surface area contributed by atoms with Gasteiger partial charge in [-0.1, -0.05) is 133 Å². The molecule has 5 nitrogen and oxygen atoms in total. The van der Waals surface area contributed by atoms with Crippen molar-refractivity contribution in [3.05, 3.63) is 158 Å². The van der Waals surface area contributed by atoms with Crippen molar-refractivity contribution in [2.24, 2.45) is 0 Å². The Bertz CT molecular complexity index is 2500. The molecule has 0 saturated carbocycles. The van der Waals surface area contributed by atoms with Crippen LogP contribution in [0.1, 0.15) is 0 Å². The van der Waals surface area contributed by atoms with Gasteiger partial charge in [0.1, 0.15) is 11.2 Å². The fourth-order valence-corrected chi connectivity index (χ4v) is 6.33. The number of hydrogen-bond donors (Lipinski definition) is 0. The molecule has 9 rings (SSSR count). The van der Waals surface area contributed by atoms with Gasteiger partial charge < -0.3 is 4.42 Å². The van der Waals surface area contributed by atoms with Crippen LogP contribution >= 0.6 is 0 Å². The van der Waals surface area contributed by atoms with Crippen LogP contribution in [-0.4, -0.2) is 19.9 Å². The summed E-state index contributed by atoms with van der Waals surface area (Å²) in [5, 5.41) is 3.05. The van der Waals surface area contributed by atoms with Gasteiger partial charge >= 0.3 is 0 Å². The second kappa shape index (κ2) is 11.2. The van der Waals surface area contributed by atoms with E-state index in [2.05, 4.69) is 72.8 Å². The number of fused-ring (bicyclic) bond motifs is 4. The van der Waals surface area contributed by atoms with E-state index in [4.69, 9.17) is 24.4 Å². The maximum absolute atomic E-state index is 6.68. The standard InChI is InChI=1S/C42H26N4O/c1-4-14-27(15-5-1)34-26-36(43-35-24-11-10-20-30(34)35)31-21-12-22-32-38-33(23-13-25-37(38)47-39(31)32)42-45-40(28-16-6-2-7-17-28)44-41(46-42)29-18-8-3-9-19-29/h1-26H. The number of hydrogen-bond acceptors (Lipinski definition) is 5. The lowest BCUT2D eigenvalue weighted by Gasteiger charge is -2.11. The highest BCUT2D eigenvalue weighted by Crippen LogP contribution is 2.41. The molecule has 6 aromatic carbocycles. The summed E-state index contributed by atoms with van der Waals surface area (Å²) in [6.45, 7) is 0. The molecule has 0 amide bonds. The fourth-order valence-electron chi connectivity index (χ4n) is 6.33. The van der Waals surface area contributed by atoms with E-state index in [0.717, 1.165) is 71.9 Å². The van der Waals surface area contributed by atoms with Crippen LogP contribution in [-0.2, 0) is 0 Å². The van der Waals surface area contributed by atoms with Gasteiger partial charge in [0.15, 0.2) is 17.5 Å². The number of pyridine rings is 1. The van der Waals surface area contributed by atoms with Gasteiger partial charge in [0.2, 0.25) is 0 Å². The molecule has 0 N–H and O–H groups in total. The van der Waals surface area contributed by atoms with E-state index >= 15 is 0 Å². The van der Waals surface area contributed by atoms with E-state index in [1.54, 1.807) is 0 Å². The Kier molecular flexibility index (Phi) is 6.39. The summed E-state index contributed by atoms with van der Waals surface area (Å²) in [5.41, 5.74) is 9.26. The lowest BCUT2D eigenvalue weighted by atomic mass is 9.97. The first-order valence-corrected chi connectivity index (χ1v) is 15.6. The first-order chi connectivity index (χ1) is 23.3. The molecule has 0 spiro atoms. The zero-order valence-electron chi connectivity index (χ0n) is 25.2. The Balaban J connectivity index is 1.27. The molecule has 0 radical (unpaired) electrons. The van der Waals surface area contributed by atoms with Gasteiger partial charge in [0.25, 0.3) is 0 Å². The van der Waals surface area contributed by atoms with Crippen LogP contribution in [0, 0.1) is 0 Å². The highest BCUT2D eigenvalue weighted by atomic mass is 16.3. The van der Waals surface area contributed by atoms with Crippen molar-refractivity contribution in [1.29, 1.82) is 0 Å². The Morgan fingerprint density at radius 2 is 0.936 bits per heavy atom. The van der Waals surface area contributed by atoms with Crippen LogP contribution in [0.25, 0.3) is 89.4 Å². The van der Waals surface area contributed by atoms with E-state index in [9.17, 15) is 0 Å². The molecule has 0 aliphatic heterocycles. The monoisotopic (exact) mass is 602 g/mol. The zero-order chi connectivity index (χ0) is 31.2. The number of furan rings is 1. The highest BCUT2D eigenvalue weighted by Gasteiger charge is 2.20. The van der Waals surface area contributed by atoms with Gasteiger partial charge in [-0.2, -0.15) is 0 Å². The maximum Gasteiger partial charge on any atom is 0.164 e. The fraction of sp³-hybridized carbons (Fsp3) is 0. The highest BCUT2D eigenvalue weighted by molar-refractivity contribution is 6.15. The van der Waals surface area contributed by atoms with Crippen molar-refractivity contribution in [1.82, 2.24) is 19.9 Å². The van der Waals surface area contributed by atoms with Gasteiger partial charge in [-0.05, 0) is 35.4 Å². The average molecular weight is 603 g/mol. The minimum Gasteiger partial charge on any atom is -0.455 e. The van der Waals surface area contributed by atoms with E-state index < -0.39 is 0 Å². The second-order valence-corrected chi connectivity index (χ2v) is 11.4. The summed E-state index contributed by atoms with van der Waals surface area (Å²) in [6.07, 6.45) is 0. The van der Waals surface area contributed by atoms with E-state index in [0.29, 0.717) is 17.5 Å². The molecule has 220 valence electrons. The summed E-state index contributed by atoms with van der Waals surface area (Å²) in [6, 6.07) is 53.3. The molecule has 3 aromatic heterocycles. The smallest absolute Gasteiger partial charge is 0.164 e. The molecular formula is C42H26N4O. The van der Waals surface area contributed by atoms with Crippen LogP contribution in [0.3, 0.4) is 0 Å². The number of para-hydroxylation sites is 2. The van der Waals surface area contributed by atoms with Gasteiger partial charge in [-0.25, -0.2) is 19.9 Å². The molecule has 0 aliphatic carbocycles. The predicted octanol–water partition coefficient (Wildman–Crippen LogP) is 10.7. The summed E-state index contributed by atoms with van der Waals surface area (Å²) >= 11 is 0. The molecule has 9 aromatic rings. The van der Waals surface area contributed by atoms with E-state index in [-0.39, 0.29) is 0 Å². The molecule has 5 heteroatoms. The average Bonchev–Trinajstić information content (AvgIpc) is 3.54. The molecule has 0 fully saturated rings. The second-order valence-electron chi connectivity index (χ2n) is 11.4. The number of benzene rings is 6. The van der Waals surface area contributed by atoms with Crippen molar-refractivity contribution in [3.8, 4) is 56.5 Å². The van der Waals surface area contributed by atoms with Crippen molar-refractivity contribution < 1.29 is 4.42 Å². The lowest BCUT2D eigenvalue weighted by Crippen LogP contribution is -2.00. The molecule has 0 aliphatic rings. The summed E-state index contributed by atoms with van der Waals surface area (Å²) < 4.78 is 6.68. The van der Waals surface area contributed by atoms with Crippen molar-refractivity contribution in [3.63, 3.8) is 0 Å². The van der Waals surface area contributed by atoms with Gasteiger partial charge in [0.05, 0.1) is 11.2 Å². The molecule has 0 atom stereocenters. The first-order valence-electron chi connectivity index (χ1n) is 15.6. The van der Waals surface area contributed by atoms with Gasteiger partial charge in [0, 0.05) is 38.4 Å². The minimum absolute atomic E-state index is 0.589. The SMILES string of the molecule is c1ccc(-c2nc(-c3ccccc3)nc(-c3cccc4oc5c(-c6cc(-c7ccccc7)c7ccccc7n6)cccc5c34)n2)cc1. The molecule has 0 unspecified atom stereocenters. The number of aromatic nitrogens is 4. The normalized spacial score (nSPS) is 11.4. The van der Waals surface area contributed by atoms with Crippen molar-refractivity contribution in [2.75, 3.05) is 0 Å². The quantitative estimate of drug-likeness (QED) is 0.196. The molecule has 47 heavy (non-hydrogen) atoms. The number of nitrogens with zero attached hydrogens (tertiary/aromatic N) is 4. The van der Waals surface area contributed by atoms with Crippen LogP contribution < -0.4 is 0 Å². The first kappa shape index (κ1) is 26.9. The van der Waals surface area contributed by atoms with Crippen LogP contribution in [0.15, 0.2) is 162 Å². The molecule has 0 bridgehead atoms. The van der Waals surface area contributed by atoms with Gasteiger partial charge in [-0.15, -0.1) is 0 Å². The third-order valence-corrected chi connectivity index (χ3v) is 8.54. The Labute approximate surface area is 270 Å². The van der Waals surface area contributed by atoms with Crippen LogP contribution in [0.5, 0.6) is 0 Å². The topological polar surface area (TPSA) is 64.7 Å². The van der Waals surface area contributed by atoms with Gasteiger partial charge in [-0.3, -0.25) is 0 Å². The largest absolute Gasteiger partial charge is 0.455 e. The summed E-state index contributed by atoms with van der Waals surface area (Å²) in [7, 11) is 0. The Morgan fingerprint density at radius 1 is 0.383 bits per heavy atom. The van der Waals surface area contributed by atoms with E-state index in [1.807, 2.05) is 84.9 Å². The van der Waals surface area contributed by atoms with E-state index in [1.165, 1.54) is 0 Å². The zero-order valence-corrected chi connectivity index (χ0v) is 25.2. The third-order valence-electron chi connectivity index (χ3n) is 8.54.